The number of halogens is 1. The van der Waals surface area contributed by atoms with E-state index in [1.54, 1.807) is 6.92 Å². The zero-order valence-electron chi connectivity index (χ0n) is 10.2. The van der Waals surface area contributed by atoms with Crippen molar-refractivity contribution >= 4 is 27.7 Å². The number of nitriles is 1. The van der Waals surface area contributed by atoms with Gasteiger partial charge in [0, 0.05) is 19.2 Å². The highest BCUT2D eigenvalue weighted by Crippen LogP contribution is 2.21. The third-order valence-electron chi connectivity index (χ3n) is 2.42. The zero-order chi connectivity index (χ0) is 14.4. The second-order valence-electron chi connectivity index (χ2n) is 3.57. The number of hydrogen-bond acceptors (Lipinski definition) is 5. The first kappa shape index (κ1) is 15.0. The van der Waals surface area contributed by atoms with Crippen LogP contribution in [0.4, 0.5) is 5.82 Å². The van der Waals surface area contributed by atoms with Gasteiger partial charge in [-0.25, -0.2) is 0 Å². The van der Waals surface area contributed by atoms with Crippen molar-refractivity contribution in [1.82, 2.24) is 9.88 Å². The molecule has 1 rings (SSSR count). The molecule has 0 fully saturated rings. The van der Waals surface area contributed by atoms with Crippen LogP contribution >= 0.6 is 15.9 Å². The van der Waals surface area contributed by atoms with Crippen molar-refractivity contribution in [3.63, 3.8) is 0 Å². The molecule has 0 unspecified atom stereocenters. The molecule has 0 N–H and O–H groups in total. The Morgan fingerprint density at radius 1 is 1.68 bits per heavy atom. The minimum atomic E-state index is -0.658. The molecule has 0 saturated carbocycles. The molecule has 1 aromatic rings. The first-order valence-electron chi connectivity index (χ1n) is 5.47. The van der Waals surface area contributed by atoms with E-state index in [1.165, 1.54) is 11.1 Å². The molecule has 1 amide bonds. The van der Waals surface area contributed by atoms with Gasteiger partial charge < -0.3 is 15.0 Å². The first-order chi connectivity index (χ1) is 9.01. The summed E-state index contributed by atoms with van der Waals surface area (Å²) in [6.45, 7) is 2.48. The van der Waals surface area contributed by atoms with Gasteiger partial charge in [-0.15, -0.1) is 0 Å². The van der Waals surface area contributed by atoms with Gasteiger partial charge in [0.2, 0.25) is 0 Å². The van der Waals surface area contributed by atoms with Crippen molar-refractivity contribution in [3.8, 4) is 6.07 Å². The van der Waals surface area contributed by atoms with E-state index < -0.39 is 4.92 Å². The van der Waals surface area contributed by atoms with Crippen molar-refractivity contribution in [2.24, 2.45) is 0 Å². The molecule has 0 saturated heterocycles. The quantitative estimate of drug-likeness (QED) is 0.609. The molecule has 100 valence electrons. The molecule has 0 aromatic carbocycles. The fourth-order valence-corrected chi connectivity index (χ4v) is 1.84. The van der Waals surface area contributed by atoms with Crippen LogP contribution in [0.5, 0.6) is 0 Å². The largest absolute Gasteiger partial charge is 0.364 e. The van der Waals surface area contributed by atoms with Crippen LogP contribution in [0, 0.1) is 21.4 Å². The van der Waals surface area contributed by atoms with Crippen molar-refractivity contribution in [1.29, 1.82) is 5.26 Å². The van der Waals surface area contributed by atoms with Gasteiger partial charge in [0.1, 0.15) is 0 Å². The van der Waals surface area contributed by atoms with Gasteiger partial charge in [0.25, 0.3) is 5.91 Å². The van der Waals surface area contributed by atoms with E-state index in [4.69, 9.17) is 5.26 Å². The summed E-state index contributed by atoms with van der Waals surface area (Å²) < 4.78 is 0.388. The van der Waals surface area contributed by atoms with Gasteiger partial charge in [-0.05, 0) is 32.8 Å². The van der Waals surface area contributed by atoms with Gasteiger partial charge in [-0.1, -0.05) is 0 Å². The van der Waals surface area contributed by atoms with Crippen LogP contribution in [0.2, 0.25) is 0 Å². The van der Waals surface area contributed by atoms with E-state index in [0.29, 0.717) is 11.0 Å². The van der Waals surface area contributed by atoms with E-state index in [9.17, 15) is 14.9 Å². The predicted molar refractivity (Wildman–Crippen MR) is 70.4 cm³/mol. The van der Waals surface area contributed by atoms with E-state index >= 15 is 0 Å². The third-order valence-corrected chi connectivity index (χ3v) is 3.05. The highest BCUT2D eigenvalue weighted by molar-refractivity contribution is 9.10. The second kappa shape index (κ2) is 6.80. The number of nitro groups is 1. The Bertz CT molecular complexity index is 541. The summed E-state index contributed by atoms with van der Waals surface area (Å²) >= 11 is 3.15. The maximum atomic E-state index is 12.2. The summed E-state index contributed by atoms with van der Waals surface area (Å²) in [4.78, 5) is 27.3. The number of carbonyl (C=O) groups is 1. The Labute approximate surface area is 118 Å². The molecule has 1 aromatic heterocycles. The second-order valence-corrected chi connectivity index (χ2v) is 4.43. The number of aromatic nitrogens is 1. The first-order valence-corrected chi connectivity index (χ1v) is 6.26. The number of carbonyl (C=O) groups excluding carboxylic acids is 1. The zero-order valence-corrected chi connectivity index (χ0v) is 11.8. The van der Waals surface area contributed by atoms with Crippen molar-refractivity contribution in [2.45, 2.75) is 13.3 Å². The Balaban J connectivity index is 3.06. The molecule has 1 heterocycles. The Kier molecular flexibility index (Phi) is 5.38. The Morgan fingerprint density at radius 2 is 2.37 bits per heavy atom. The molecule has 0 aliphatic rings. The Morgan fingerprint density at radius 3 is 2.89 bits per heavy atom. The van der Waals surface area contributed by atoms with Crippen LogP contribution in [0.1, 0.15) is 23.7 Å². The number of rotatable bonds is 5. The molecular weight excluding hydrogens is 316 g/mol. The van der Waals surface area contributed by atoms with Crippen LogP contribution in [0.25, 0.3) is 0 Å². The molecular formula is C11H11BrN4O3. The molecule has 0 radical (unpaired) electrons. The number of amides is 1. The van der Waals surface area contributed by atoms with E-state index in [-0.39, 0.29) is 30.3 Å². The van der Waals surface area contributed by atoms with E-state index in [0.717, 1.165) is 6.07 Å². The fourth-order valence-electron chi connectivity index (χ4n) is 1.45. The number of hydrogen-bond donors (Lipinski definition) is 0. The van der Waals surface area contributed by atoms with Crippen molar-refractivity contribution in [2.75, 3.05) is 13.1 Å². The highest BCUT2D eigenvalue weighted by Gasteiger charge is 2.21. The molecule has 0 aliphatic heterocycles. The van der Waals surface area contributed by atoms with Crippen LogP contribution in [0.15, 0.2) is 16.7 Å². The molecule has 0 atom stereocenters. The fraction of sp³-hybridized carbons (Fsp3) is 0.364. The predicted octanol–water partition coefficient (Wildman–Crippen LogP) is 2.13. The standard InChI is InChI=1S/C11H11BrN4O3/c1-2-15(5-3-4-13)11(17)8-6-10(16(18)19)14-7-9(8)12/h6-7H,2-3,5H2,1H3. The lowest BCUT2D eigenvalue weighted by Crippen LogP contribution is -2.32. The number of pyridine rings is 1. The van der Waals surface area contributed by atoms with Gasteiger partial charge >= 0.3 is 5.82 Å². The molecule has 0 spiro atoms. The average Bonchev–Trinajstić information content (AvgIpc) is 2.39. The molecule has 19 heavy (non-hydrogen) atoms. The number of nitrogens with zero attached hydrogens (tertiary/aromatic N) is 4. The van der Waals surface area contributed by atoms with Gasteiger partial charge in [0.15, 0.2) is 6.20 Å². The minimum Gasteiger partial charge on any atom is -0.358 e. The third kappa shape index (κ3) is 3.72. The van der Waals surface area contributed by atoms with Gasteiger partial charge in [0.05, 0.1) is 22.5 Å². The van der Waals surface area contributed by atoms with Crippen LogP contribution in [0.3, 0.4) is 0 Å². The lowest BCUT2D eigenvalue weighted by atomic mass is 10.2. The molecule has 7 nitrogen and oxygen atoms in total. The van der Waals surface area contributed by atoms with Crippen molar-refractivity contribution in [3.05, 3.63) is 32.4 Å². The Hall–Kier alpha value is -2.01. The van der Waals surface area contributed by atoms with Gasteiger partial charge in [-0.3, -0.25) is 4.79 Å². The maximum absolute atomic E-state index is 12.2. The summed E-state index contributed by atoms with van der Waals surface area (Å²) in [5, 5.41) is 19.2. The molecule has 8 heteroatoms. The summed E-state index contributed by atoms with van der Waals surface area (Å²) in [5.74, 6) is -0.752. The lowest BCUT2D eigenvalue weighted by molar-refractivity contribution is -0.389. The van der Waals surface area contributed by atoms with E-state index in [2.05, 4.69) is 20.9 Å². The summed E-state index contributed by atoms with van der Waals surface area (Å²) in [5.41, 5.74) is 0.168. The summed E-state index contributed by atoms with van der Waals surface area (Å²) in [6, 6.07) is 3.08. The minimum absolute atomic E-state index is 0.168. The summed E-state index contributed by atoms with van der Waals surface area (Å²) in [6.07, 6.45) is 1.44. The SMILES string of the molecule is CCN(CCC#N)C(=O)c1cc([N+](=O)[O-])ncc1Br. The van der Waals surface area contributed by atoms with Gasteiger partial charge in [-0.2, -0.15) is 5.26 Å². The topological polar surface area (TPSA) is 100 Å². The van der Waals surface area contributed by atoms with Crippen LogP contribution in [-0.2, 0) is 0 Å². The van der Waals surface area contributed by atoms with Crippen molar-refractivity contribution < 1.29 is 9.72 Å². The molecule has 0 bridgehead atoms. The monoisotopic (exact) mass is 326 g/mol. The summed E-state index contributed by atoms with van der Waals surface area (Å²) in [7, 11) is 0. The average molecular weight is 327 g/mol. The normalized spacial score (nSPS) is 9.74. The highest BCUT2D eigenvalue weighted by atomic mass is 79.9. The lowest BCUT2D eigenvalue weighted by Gasteiger charge is -2.19. The maximum Gasteiger partial charge on any atom is 0.364 e. The van der Waals surface area contributed by atoms with Crippen LogP contribution < -0.4 is 0 Å². The van der Waals surface area contributed by atoms with Crippen LogP contribution in [-0.4, -0.2) is 33.8 Å². The van der Waals surface area contributed by atoms with E-state index in [1.807, 2.05) is 6.07 Å². The molecule has 0 aliphatic carbocycles. The smallest absolute Gasteiger partial charge is 0.358 e.